The number of nitrogens with zero attached hydrogens (tertiary/aromatic N) is 2. The van der Waals surface area contributed by atoms with Gasteiger partial charge in [-0.15, -0.1) is 12.4 Å². The first-order chi connectivity index (χ1) is 11.0. The summed E-state index contributed by atoms with van der Waals surface area (Å²) in [6.45, 7) is 11.3. The van der Waals surface area contributed by atoms with E-state index in [0.717, 1.165) is 57.1 Å². The molecule has 2 heterocycles. The molecule has 1 aromatic rings. The van der Waals surface area contributed by atoms with Crippen LogP contribution in [-0.4, -0.2) is 61.6 Å². The molecular weight excluding hydrogens is 324 g/mol. The summed E-state index contributed by atoms with van der Waals surface area (Å²) >= 11 is 0. The Bertz CT molecular complexity index is 552. The van der Waals surface area contributed by atoms with Crippen LogP contribution >= 0.6 is 12.4 Å². The Hall–Kier alpha value is -1.30. The summed E-state index contributed by atoms with van der Waals surface area (Å²) in [4.78, 5) is 16.8. The predicted octanol–water partition coefficient (Wildman–Crippen LogP) is 2.57. The van der Waals surface area contributed by atoms with Crippen molar-refractivity contribution in [3.8, 4) is 0 Å². The Balaban J connectivity index is 0.00000208. The van der Waals surface area contributed by atoms with Crippen molar-refractivity contribution in [2.24, 2.45) is 5.41 Å². The third-order valence-corrected chi connectivity index (χ3v) is 4.99. The smallest absolute Gasteiger partial charge is 0.321 e. The molecule has 2 saturated heterocycles. The van der Waals surface area contributed by atoms with Gasteiger partial charge in [0.25, 0.3) is 0 Å². The highest BCUT2D eigenvalue weighted by atomic mass is 35.5. The number of halogens is 1. The Morgan fingerprint density at radius 3 is 2.67 bits per heavy atom. The summed E-state index contributed by atoms with van der Waals surface area (Å²) in [5, 5.41) is 6.47. The minimum absolute atomic E-state index is 0. The molecule has 0 aromatic heterocycles. The van der Waals surface area contributed by atoms with Crippen molar-refractivity contribution < 1.29 is 4.79 Å². The van der Waals surface area contributed by atoms with Crippen LogP contribution in [0, 0.1) is 12.3 Å². The number of anilines is 1. The number of aryl methyl sites for hydroxylation is 1. The summed E-state index contributed by atoms with van der Waals surface area (Å²) in [5.41, 5.74) is 2.43. The Labute approximate surface area is 151 Å². The average molecular weight is 353 g/mol. The molecule has 0 radical (unpaired) electrons. The van der Waals surface area contributed by atoms with Crippen molar-refractivity contribution in [3.63, 3.8) is 0 Å². The van der Waals surface area contributed by atoms with Crippen LogP contribution in [0.5, 0.6) is 0 Å². The molecule has 134 valence electrons. The van der Waals surface area contributed by atoms with Gasteiger partial charge in [-0.05, 0) is 43.0 Å². The Morgan fingerprint density at radius 2 is 2.04 bits per heavy atom. The summed E-state index contributed by atoms with van der Waals surface area (Å²) in [5.74, 6) is 0. The van der Waals surface area contributed by atoms with Gasteiger partial charge in [0.2, 0.25) is 0 Å². The molecule has 3 rings (SSSR count). The van der Waals surface area contributed by atoms with Gasteiger partial charge in [-0.1, -0.05) is 19.1 Å². The molecule has 5 nitrogen and oxygen atoms in total. The molecule has 1 atom stereocenters. The van der Waals surface area contributed by atoms with E-state index in [1.54, 1.807) is 0 Å². The summed E-state index contributed by atoms with van der Waals surface area (Å²) < 4.78 is 0. The largest absolute Gasteiger partial charge is 0.322 e. The van der Waals surface area contributed by atoms with E-state index in [9.17, 15) is 4.79 Å². The average Bonchev–Trinajstić information content (AvgIpc) is 2.94. The molecule has 6 heteroatoms. The molecule has 0 saturated carbocycles. The fraction of sp³-hybridized carbons (Fsp3) is 0.611. The lowest BCUT2D eigenvalue weighted by Gasteiger charge is -2.38. The Kier molecular flexibility index (Phi) is 6.49. The summed E-state index contributed by atoms with van der Waals surface area (Å²) in [7, 11) is 0. The number of benzene rings is 1. The Morgan fingerprint density at radius 1 is 1.29 bits per heavy atom. The van der Waals surface area contributed by atoms with E-state index in [-0.39, 0.29) is 18.4 Å². The highest BCUT2D eigenvalue weighted by Gasteiger charge is 2.32. The molecule has 1 unspecified atom stereocenters. The van der Waals surface area contributed by atoms with Crippen molar-refractivity contribution in [1.82, 2.24) is 15.1 Å². The molecule has 2 fully saturated rings. The number of nitrogens with one attached hydrogen (secondary N) is 2. The number of rotatable bonds is 3. The van der Waals surface area contributed by atoms with Crippen LogP contribution in [0.3, 0.4) is 0 Å². The van der Waals surface area contributed by atoms with E-state index in [4.69, 9.17) is 0 Å². The van der Waals surface area contributed by atoms with Crippen molar-refractivity contribution in [1.29, 1.82) is 0 Å². The van der Waals surface area contributed by atoms with Crippen molar-refractivity contribution >= 4 is 24.1 Å². The lowest BCUT2D eigenvalue weighted by Crippen LogP contribution is -2.52. The van der Waals surface area contributed by atoms with Crippen LogP contribution in [0.4, 0.5) is 10.5 Å². The van der Waals surface area contributed by atoms with Gasteiger partial charge in [0.05, 0.1) is 0 Å². The predicted molar refractivity (Wildman–Crippen MR) is 101 cm³/mol. The quantitative estimate of drug-likeness (QED) is 0.879. The zero-order valence-electron chi connectivity index (χ0n) is 14.7. The lowest BCUT2D eigenvalue weighted by atomic mass is 9.89. The fourth-order valence-electron chi connectivity index (χ4n) is 3.58. The monoisotopic (exact) mass is 352 g/mol. The zero-order chi connectivity index (χ0) is 16.3. The minimum atomic E-state index is 0. The third-order valence-electron chi connectivity index (χ3n) is 4.99. The van der Waals surface area contributed by atoms with Crippen molar-refractivity contribution in [2.45, 2.75) is 20.3 Å². The zero-order valence-corrected chi connectivity index (χ0v) is 15.5. The van der Waals surface area contributed by atoms with Crippen molar-refractivity contribution in [2.75, 3.05) is 51.1 Å². The van der Waals surface area contributed by atoms with E-state index in [2.05, 4.69) is 22.5 Å². The van der Waals surface area contributed by atoms with Crippen LogP contribution in [0.15, 0.2) is 24.3 Å². The van der Waals surface area contributed by atoms with E-state index >= 15 is 0 Å². The van der Waals surface area contributed by atoms with Crippen LogP contribution in [-0.2, 0) is 0 Å². The number of carbonyl (C=O) groups excluding carboxylic acids is 1. The molecular formula is C18H29ClN4O. The number of hydrogen-bond acceptors (Lipinski definition) is 3. The SMILES string of the molecule is Cc1cccc(NC(=O)N2CCN(CC3(C)CCNC3)CC2)c1.Cl. The first kappa shape index (κ1) is 19.0. The van der Waals surface area contributed by atoms with Gasteiger partial charge >= 0.3 is 6.03 Å². The lowest BCUT2D eigenvalue weighted by molar-refractivity contribution is 0.112. The molecule has 2 amide bonds. The topological polar surface area (TPSA) is 47.6 Å². The second-order valence-electron chi connectivity index (χ2n) is 7.30. The molecule has 0 spiro atoms. The molecule has 1 aromatic carbocycles. The molecule has 0 aliphatic carbocycles. The number of carbonyl (C=O) groups is 1. The standard InChI is InChI=1S/C18H28N4O.ClH/c1-15-4-3-5-16(12-15)20-17(23)22-10-8-21(9-11-22)14-18(2)6-7-19-13-18;/h3-5,12,19H,6-11,13-14H2,1-2H3,(H,20,23);1H. The highest BCUT2D eigenvalue weighted by Crippen LogP contribution is 2.26. The van der Waals surface area contributed by atoms with Gasteiger partial charge in [0.1, 0.15) is 0 Å². The molecule has 0 bridgehead atoms. The van der Waals surface area contributed by atoms with Crippen LogP contribution in [0.2, 0.25) is 0 Å². The third kappa shape index (κ3) is 4.85. The van der Waals surface area contributed by atoms with Crippen LogP contribution in [0.1, 0.15) is 18.9 Å². The van der Waals surface area contributed by atoms with Gasteiger partial charge in [-0.2, -0.15) is 0 Å². The maximum Gasteiger partial charge on any atom is 0.321 e. The molecule has 2 aliphatic heterocycles. The van der Waals surface area contributed by atoms with Gasteiger partial charge < -0.3 is 15.5 Å². The molecule has 2 aliphatic rings. The number of piperazine rings is 1. The molecule has 2 N–H and O–H groups in total. The summed E-state index contributed by atoms with van der Waals surface area (Å²) in [6, 6.07) is 7.97. The normalized spacial score (nSPS) is 24.5. The second kappa shape index (κ2) is 8.19. The van der Waals surface area contributed by atoms with E-state index in [1.165, 1.54) is 6.42 Å². The van der Waals surface area contributed by atoms with Crippen LogP contribution < -0.4 is 10.6 Å². The number of amides is 2. The van der Waals surface area contributed by atoms with Gasteiger partial charge in [-0.3, -0.25) is 4.90 Å². The van der Waals surface area contributed by atoms with Gasteiger partial charge in [0, 0.05) is 45.0 Å². The number of urea groups is 1. The fourth-order valence-corrected chi connectivity index (χ4v) is 3.58. The van der Waals surface area contributed by atoms with Crippen molar-refractivity contribution in [3.05, 3.63) is 29.8 Å². The maximum absolute atomic E-state index is 12.4. The number of hydrogen-bond donors (Lipinski definition) is 2. The molecule has 24 heavy (non-hydrogen) atoms. The highest BCUT2D eigenvalue weighted by molar-refractivity contribution is 5.89. The maximum atomic E-state index is 12.4. The van der Waals surface area contributed by atoms with E-state index in [0.29, 0.717) is 5.41 Å². The van der Waals surface area contributed by atoms with Gasteiger partial charge in [-0.25, -0.2) is 4.79 Å². The van der Waals surface area contributed by atoms with E-state index in [1.807, 2.05) is 36.1 Å². The van der Waals surface area contributed by atoms with Gasteiger partial charge in [0.15, 0.2) is 0 Å². The minimum Gasteiger partial charge on any atom is -0.322 e. The second-order valence-corrected chi connectivity index (χ2v) is 7.30. The van der Waals surface area contributed by atoms with Crippen LogP contribution in [0.25, 0.3) is 0 Å². The summed E-state index contributed by atoms with van der Waals surface area (Å²) in [6.07, 6.45) is 1.25. The first-order valence-electron chi connectivity index (χ1n) is 8.60. The van der Waals surface area contributed by atoms with E-state index < -0.39 is 0 Å². The first-order valence-corrected chi connectivity index (χ1v) is 8.60.